The maximum atomic E-state index is 7.71. The molecule has 0 bridgehead atoms. The molecule has 1 nitrogen and oxygen atoms in total. The summed E-state index contributed by atoms with van der Waals surface area (Å²) in [6, 6.07) is 0. The quantitative estimate of drug-likeness (QED) is 0.365. The van der Waals surface area contributed by atoms with Crippen LogP contribution in [0.3, 0.4) is 0 Å². The molecule has 0 heterocycles. The summed E-state index contributed by atoms with van der Waals surface area (Å²) < 4.78 is 0. The molecule has 2 radical (unpaired) electrons. The summed E-state index contributed by atoms with van der Waals surface area (Å²) in [6.45, 7) is 1.82. The summed E-state index contributed by atoms with van der Waals surface area (Å²) in [7, 11) is -0.583. The van der Waals surface area contributed by atoms with Gasteiger partial charge in [-0.25, -0.2) is 0 Å². The van der Waals surface area contributed by atoms with Crippen molar-refractivity contribution in [2.45, 2.75) is 6.55 Å². The van der Waals surface area contributed by atoms with Gasteiger partial charge in [0.25, 0.3) is 0 Å². The molecule has 0 unspecified atom stereocenters. The lowest BCUT2D eigenvalue weighted by Gasteiger charge is -1.49. The average molecular weight is 86.4 g/mol. The summed E-state index contributed by atoms with van der Waals surface area (Å²) in [5.74, 6) is 0. The molecule has 0 atom stereocenters. The highest BCUT2D eigenvalue weighted by molar-refractivity contribution is 6.22. The third-order valence-electron chi connectivity index (χ3n) is 0. The van der Waals surface area contributed by atoms with Crippen LogP contribution in [0.1, 0.15) is 0 Å². The Morgan fingerprint density at radius 3 is 1.75 bits per heavy atom. The van der Waals surface area contributed by atoms with Gasteiger partial charge in [-0.05, 0) is 0 Å². The molecule has 4 heavy (non-hydrogen) atoms. The largest absolute Gasteiger partial charge is 0.438 e. The minimum absolute atomic E-state index is 0. The van der Waals surface area contributed by atoms with E-state index in [0.717, 1.165) is 0 Å². The molecular formula is CH6MgOSi. The Hall–Kier alpha value is 0.943. The smallest absolute Gasteiger partial charge is 0.153 e. The van der Waals surface area contributed by atoms with E-state index in [-0.39, 0.29) is 23.1 Å². The molecule has 0 aromatic heterocycles. The van der Waals surface area contributed by atoms with Gasteiger partial charge in [0, 0.05) is 23.1 Å². The minimum Gasteiger partial charge on any atom is -0.438 e. The van der Waals surface area contributed by atoms with Crippen LogP contribution in [-0.4, -0.2) is 37.6 Å². The minimum atomic E-state index is -0.583. The van der Waals surface area contributed by atoms with Crippen molar-refractivity contribution in [1.82, 2.24) is 0 Å². The third kappa shape index (κ3) is 12.5. The molecule has 0 rings (SSSR count). The van der Waals surface area contributed by atoms with Crippen molar-refractivity contribution < 1.29 is 4.80 Å². The van der Waals surface area contributed by atoms with Gasteiger partial charge >= 0.3 is 0 Å². The fraction of sp³-hybridized carbons (Fsp3) is 1.00. The van der Waals surface area contributed by atoms with E-state index in [9.17, 15) is 0 Å². The highest BCUT2D eigenvalue weighted by Crippen LogP contribution is 1.24. The first-order chi connectivity index (χ1) is 1.41. The molecular weight excluding hydrogens is 80.4 g/mol. The topological polar surface area (TPSA) is 20.2 Å². The van der Waals surface area contributed by atoms with Crippen molar-refractivity contribution in [3.8, 4) is 0 Å². The number of hydrogen-bond donors (Lipinski definition) is 1. The zero-order valence-electron chi connectivity index (χ0n) is 2.86. The molecule has 22 valence electrons. The van der Waals surface area contributed by atoms with E-state index in [2.05, 4.69) is 0 Å². The Balaban J connectivity index is 0. The van der Waals surface area contributed by atoms with Gasteiger partial charge in [-0.1, -0.05) is 6.55 Å². The molecule has 0 aliphatic rings. The van der Waals surface area contributed by atoms with E-state index < -0.39 is 9.76 Å². The maximum absolute atomic E-state index is 7.71. The average Bonchev–Trinajstić information content (AvgIpc) is 0.918. The molecule has 1 N–H and O–H groups in total. The molecule has 0 saturated heterocycles. The van der Waals surface area contributed by atoms with E-state index in [1.807, 2.05) is 6.55 Å². The lowest BCUT2D eigenvalue weighted by Crippen LogP contribution is -1.65. The predicted octanol–water partition coefficient (Wildman–Crippen LogP) is -1.27. The van der Waals surface area contributed by atoms with Crippen molar-refractivity contribution in [3.05, 3.63) is 0 Å². The standard InChI is InChI=1S/CH6OSi.Mg/c1-3-2;/h2H,3H2,1H3;. The van der Waals surface area contributed by atoms with Gasteiger partial charge < -0.3 is 4.80 Å². The first-order valence-electron chi connectivity index (χ1n) is 1.02. The van der Waals surface area contributed by atoms with Crippen molar-refractivity contribution in [2.75, 3.05) is 0 Å². The van der Waals surface area contributed by atoms with Gasteiger partial charge in [0.2, 0.25) is 0 Å². The van der Waals surface area contributed by atoms with Crippen LogP contribution in [0.25, 0.3) is 0 Å². The maximum Gasteiger partial charge on any atom is 0.153 e. The van der Waals surface area contributed by atoms with Crippen LogP contribution in [-0.2, 0) is 0 Å². The van der Waals surface area contributed by atoms with E-state index in [4.69, 9.17) is 4.80 Å². The van der Waals surface area contributed by atoms with Crippen LogP contribution in [0.5, 0.6) is 0 Å². The van der Waals surface area contributed by atoms with Gasteiger partial charge in [-0.15, -0.1) is 0 Å². The monoisotopic (exact) mass is 86.0 g/mol. The second-order valence-electron chi connectivity index (χ2n) is 0.316. The fourth-order valence-electron chi connectivity index (χ4n) is 0. The van der Waals surface area contributed by atoms with Crippen LogP contribution in [0.2, 0.25) is 6.55 Å². The lowest BCUT2D eigenvalue weighted by atomic mass is 11.9. The summed E-state index contributed by atoms with van der Waals surface area (Å²) in [4.78, 5) is 7.71. The van der Waals surface area contributed by atoms with Crippen LogP contribution in [0.4, 0.5) is 0 Å². The first-order valence-corrected chi connectivity index (χ1v) is 3.07. The Labute approximate surface area is 44.5 Å². The number of hydrogen-bond acceptors (Lipinski definition) is 1. The van der Waals surface area contributed by atoms with Gasteiger partial charge in [0.1, 0.15) is 0 Å². The van der Waals surface area contributed by atoms with Gasteiger partial charge in [-0.2, -0.15) is 0 Å². The molecule has 0 fully saturated rings. The SMILES string of the molecule is C[SiH2]O.[Mg]. The molecule has 0 saturated carbocycles. The predicted molar refractivity (Wildman–Crippen MR) is 22.4 cm³/mol. The zero-order valence-corrected chi connectivity index (χ0v) is 5.69. The second kappa shape index (κ2) is 9.05. The highest BCUT2D eigenvalue weighted by atomic mass is 28.2. The second-order valence-corrected chi connectivity index (χ2v) is 0.949. The molecule has 0 spiro atoms. The molecule has 3 heteroatoms. The Bertz CT molecular complexity index is 8.00. The van der Waals surface area contributed by atoms with Crippen molar-refractivity contribution in [2.24, 2.45) is 0 Å². The Morgan fingerprint density at radius 1 is 1.75 bits per heavy atom. The lowest BCUT2D eigenvalue weighted by molar-refractivity contribution is 0.610. The van der Waals surface area contributed by atoms with Gasteiger partial charge in [-0.3, -0.25) is 0 Å². The van der Waals surface area contributed by atoms with Crippen molar-refractivity contribution in [1.29, 1.82) is 0 Å². The highest BCUT2D eigenvalue weighted by Gasteiger charge is 1.39. The van der Waals surface area contributed by atoms with E-state index in [1.165, 1.54) is 0 Å². The Kier molecular flexibility index (Phi) is 20.1. The van der Waals surface area contributed by atoms with Crippen molar-refractivity contribution in [3.63, 3.8) is 0 Å². The van der Waals surface area contributed by atoms with Crippen LogP contribution in [0.15, 0.2) is 0 Å². The summed E-state index contributed by atoms with van der Waals surface area (Å²) in [6.07, 6.45) is 0. The van der Waals surface area contributed by atoms with Crippen LogP contribution in [0, 0.1) is 0 Å². The molecule has 0 aromatic rings. The summed E-state index contributed by atoms with van der Waals surface area (Å²) >= 11 is 0. The van der Waals surface area contributed by atoms with Crippen LogP contribution < -0.4 is 0 Å². The fourth-order valence-corrected chi connectivity index (χ4v) is 0. The molecule has 0 aliphatic carbocycles. The molecule has 0 aromatic carbocycles. The molecule has 0 amide bonds. The zero-order chi connectivity index (χ0) is 2.71. The summed E-state index contributed by atoms with van der Waals surface area (Å²) in [5.41, 5.74) is 0. The van der Waals surface area contributed by atoms with E-state index >= 15 is 0 Å². The van der Waals surface area contributed by atoms with Gasteiger partial charge in [0.05, 0.1) is 0 Å². The summed E-state index contributed by atoms with van der Waals surface area (Å²) in [5, 5.41) is 0. The van der Waals surface area contributed by atoms with Crippen LogP contribution >= 0.6 is 0 Å². The number of rotatable bonds is 0. The van der Waals surface area contributed by atoms with E-state index in [0.29, 0.717) is 0 Å². The Morgan fingerprint density at radius 2 is 1.75 bits per heavy atom. The van der Waals surface area contributed by atoms with Gasteiger partial charge in [0.15, 0.2) is 9.76 Å². The van der Waals surface area contributed by atoms with Crippen molar-refractivity contribution >= 4 is 32.8 Å². The first kappa shape index (κ1) is 8.87. The van der Waals surface area contributed by atoms with E-state index in [1.54, 1.807) is 0 Å². The normalized spacial score (nSPS) is 7.50. The molecule has 0 aliphatic heterocycles. The third-order valence-corrected chi connectivity index (χ3v) is 0.